The molecule has 0 saturated carbocycles. The first-order valence-electron chi connectivity index (χ1n) is 7.43. The highest BCUT2D eigenvalue weighted by Crippen LogP contribution is 2.20. The third-order valence-electron chi connectivity index (χ3n) is 4.00. The molecule has 1 N–H and O–H groups in total. The minimum atomic E-state index is 0. The highest BCUT2D eigenvalue weighted by atomic mass is 35.5. The molecule has 1 saturated heterocycles. The van der Waals surface area contributed by atoms with Crippen molar-refractivity contribution in [1.29, 1.82) is 0 Å². The van der Waals surface area contributed by atoms with Crippen molar-refractivity contribution in [2.24, 2.45) is 0 Å². The second kappa shape index (κ2) is 7.43. The van der Waals surface area contributed by atoms with Gasteiger partial charge in [0, 0.05) is 31.2 Å². The van der Waals surface area contributed by atoms with E-state index in [1.165, 1.54) is 5.56 Å². The van der Waals surface area contributed by atoms with E-state index in [4.69, 9.17) is 0 Å². The summed E-state index contributed by atoms with van der Waals surface area (Å²) in [5, 5.41) is 3.31. The number of hydrogen-bond acceptors (Lipinski definition) is 2. The number of carbonyl (C=O) groups excluding carboxylic acids is 1. The molecule has 0 bridgehead atoms. The number of nitrogens with one attached hydrogen (secondary N) is 1. The smallest absolute Gasteiger partial charge is 0.254 e. The third-order valence-corrected chi connectivity index (χ3v) is 4.00. The highest BCUT2D eigenvalue weighted by Gasteiger charge is 2.23. The van der Waals surface area contributed by atoms with Gasteiger partial charge in [0.25, 0.3) is 5.91 Å². The monoisotopic (exact) mass is 316 g/mol. The van der Waals surface area contributed by atoms with Gasteiger partial charge >= 0.3 is 0 Å². The Labute approximate surface area is 137 Å². The lowest BCUT2D eigenvalue weighted by Crippen LogP contribution is -2.52. The van der Waals surface area contributed by atoms with Crippen molar-refractivity contribution in [3.05, 3.63) is 60.2 Å². The average Bonchev–Trinajstić information content (AvgIpc) is 2.56. The minimum absolute atomic E-state index is 0. The quantitative estimate of drug-likeness (QED) is 0.922. The molecule has 3 nitrogen and oxygen atoms in total. The molecular weight excluding hydrogens is 296 g/mol. The lowest BCUT2D eigenvalue weighted by Gasteiger charge is -2.34. The van der Waals surface area contributed by atoms with Crippen LogP contribution in [0.1, 0.15) is 17.3 Å². The standard InChI is InChI=1S/C18H20N2O.ClH/c1-14-13-19-11-12-20(14)18(21)17-9-7-16(8-10-17)15-5-3-2-4-6-15;/h2-10,14,19H,11-13H2,1H3;1H/t14-;/m1./s1. The first-order valence-corrected chi connectivity index (χ1v) is 7.43. The Hall–Kier alpha value is -1.84. The fraction of sp³-hybridized carbons (Fsp3) is 0.278. The predicted octanol–water partition coefficient (Wildman–Crippen LogP) is 3.21. The molecule has 1 atom stereocenters. The predicted molar refractivity (Wildman–Crippen MR) is 92.5 cm³/mol. The summed E-state index contributed by atoms with van der Waals surface area (Å²) in [7, 11) is 0. The van der Waals surface area contributed by atoms with Crippen LogP contribution < -0.4 is 5.32 Å². The van der Waals surface area contributed by atoms with E-state index >= 15 is 0 Å². The van der Waals surface area contributed by atoms with Crippen LogP contribution in [0.5, 0.6) is 0 Å². The molecule has 2 aromatic rings. The van der Waals surface area contributed by atoms with Gasteiger partial charge in [-0.3, -0.25) is 4.79 Å². The minimum Gasteiger partial charge on any atom is -0.333 e. The summed E-state index contributed by atoms with van der Waals surface area (Å²) in [6.07, 6.45) is 0. The fourth-order valence-corrected chi connectivity index (χ4v) is 2.74. The van der Waals surface area contributed by atoms with Crippen LogP contribution in [0.2, 0.25) is 0 Å². The van der Waals surface area contributed by atoms with Crippen LogP contribution in [0.25, 0.3) is 11.1 Å². The zero-order chi connectivity index (χ0) is 14.7. The molecule has 4 heteroatoms. The summed E-state index contributed by atoms with van der Waals surface area (Å²) in [5.41, 5.74) is 3.08. The average molecular weight is 317 g/mol. The number of carbonyl (C=O) groups is 1. The van der Waals surface area contributed by atoms with Crippen LogP contribution in [-0.4, -0.2) is 36.5 Å². The van der Waals surface area contributed by atoms with E-state index in [1.54, 1.807) is 0 Å². The molecule has 3 rings (SSSR count). The van der Waals surface area contributed by atoms with Crippen LogP contribution in [0, 0.1) is 0 Å². The van der Waals surface area contributed by atoms with Gasteiger partial charge in [0.05, 0.1) is 0 Å². The van der Waals surface area contributed by atoms with Crippen LogP contribution in [0.3, 0.4) is 0 Å². The molecule has 1 amide bonds. The van der Waals surface area contributed by atoms with Crippen molar-refractivity contribution in [2.75, 3.05) is 19.6 Å². The lowest BCUT2D eigenvalue weighted by atomic mass is 10.0. The Morgan fingerprint density at radius 1 is 1.05 bits per heavy atom. The topological polar surface area (TPSA) is 32.3 Å². The second-order valence-electron chi connectivity index (χ2n) is 5.50. The van der Waals surface area contributed by atoms with E-state index in [-0.39, 0.29) is 24.4 Å². The number of benzene rings is 2. The van der Waals surface area contributed by atoms with Crippen LogP contribution >= 0.6 is 12.4 Å². The Bertz CT molecular complexity index is 613. The van der Waals surface area contributed by atoms with E-state index < -0.39 is 0 Å². The lowest BCUT2D eigenvalue weighted by molar-refractivity contribution is 0.0656. The number of halogens is 1. The third kappa shape index (κ3) is 3.49. The molecule has 0 radical (unpaired) electrons. The Kier molecular flexibility index (Phi) is 5.58. The van der Waals surface area contributed by atoms with Gasteiger partial charge in [-0.05, 0) is 30.2 Å². The van der Waals surface area contributed by atoms with Gasteiger partial charge in [0.15, 0.2) is 0 Å². The molecule has 0 aliphatic carbocycles. The summed E-state index contributed by atoms with van der Waals surface area (Å²) in [6.45, 7) is 4.61. The maximum Gasteiger partial charge on any atom is 0.254 e. The first kappa shape index (κ1) is 16.5. The van der Waals surface area contributed by atoms with Gasteiger partial charge in [-0.2, -0.15) is 0 Å². The normalized spacial score (nSPS) is 17.7. The van der Waals surface area contributed by atoms with Gasteiger partial charge in [-0.1, -0.05) is 42.5 Å². The van der Waals surface area contributed by atoms with Crippen molar-refractivity contribution < 1.29 is 4.79 Å². The Morgan fingerprint density at radius 3 is 2.32 bits per heavy atom. The molecule has 0 spiro atoms. The Morgan fingerprint density at radius 2 is 1.68 bits per heavy atom. The van der Waals surface area contributed by atoms with E-state index in [1.807, 2.05) is 47.4 Å². The summed E-state index contributed by atoms with van der Waals surface area (Å²) in [4.78, 5) is 14.5. The fourth-order valence-electron chi connectivity index (χ4n) is 2.74. The van der Waals surface area contributed by atoms with Crippen molar-refractivity contribution in [2.45, 2.75) is 13.0 Å². The number of amides is 1. The van der Waals surface area contributed by atoms with E-state index in [0.717, 1.165) is 30.8 Å². The van der Waals surface area contributed by atoms with E-state index in [0.29, 0.717) is 0 Å². The maximum atomic E-state index is 12.6. The number of piperazine rings is 1. The zero-order valence-electron chi connectivity index (χ0n) is 12.7. The molecule has 1 aliphatic rings. The molecule has 1 fully saturated rings. The van der Waals surface area contributed by atoms with Gasteiger partial charge in [-0.25, -0.2) is 0 Å². The van der Waals surface area contributed by atoms with Crippen molar-refractivity contribution in [1.82, 2.24) is 10.2 Å². The van der Waals surface area contributed by atoms with Crippen molar-refractivity contribution >= 4 is 18.3 Å². The molecule has 0 unspecified atom stereocenters. The molecule has 2 aromatic carbocycles. The summed E-state index contributed by atoms with van der Waals surface area (Å²) >= 11 is 0. The summed E-state index contributed by atoms with van der Waals surface area (Å²) in [6, 6.07) is 18.4. The molecule has 1 aliphatic heterocycles. The van der Waals surface area contributed by atoms with Crippen molar-refractivity contribution in [3.8, 4) is 11.1 Å². The van der Waals surface area contributed by atoms with Crippen LogP contribution in [0.4, 0.5) is 0 Å². The van der Waals surface area contributed by atoms with Gasteiger partial charge in [0.2, 0.25) is 0 Å². The molecule has 22 heavy (non-hydrogen) atoms. The zero-order valence-corrected chi connectivity index (χ0v) is 13.5. The van der Waals surface area contributed by atoms with Gasteiger partial charge < -0.3 is 10.2 Å². The highest BCUT2D eigenvalue weighted by molar-refractivity contribution is 5.95. The second-order valence-corrected chi connectivity index (χ2v) is 5.50. The largest absolute Gasteiger partial charge is 0.333 e. The van der Waals surface area contributed by atoms with Gasteiger partial charge in [-0.15, -0.1) is 12.4 Å². The van der Waals surface area contributed by atoms with Gasteiger partial charge in [0.1, 0.15) is 0 Å². The van der Waals surface area contributed by atoms with Crippen LogP contribution in [-0.2, 0) is 0 Å². The number of nitrogens with zero attached hydrogens (tertiary/aromatic N) is 1. The van der Waals surface area contributed by atoms with Crippen molar-refractivity contribution in [3.63, 3.8) is 0 Å². The maximum absolute atomic E-state index is 12.6. The summed E-state index contributed by atoms with van der Waals surface area (Å²) in [5.74, 6) is 0.128. The molecular formula is C18H21ClN2O. The Balaban J connectivity index is 0.00000176. The van der Waals surface area contributed by atoms with E-state index in [2.05, 4.69) is 24.4 Å². The summed E-state index contributed by atoms with van der Waals surface area (Å²) < 4.78 is 0. The van der Waals surface area contributed by atoms with Crippen LogP contribution in [0.15, 0.2) is 54.6 Å². The molecule has 1 heterocycles. The van der Waals surface area contributed by atoms with E-state index in [9.17, 15) is 4.79 Å². The SMILES string of the molecule is C[C@@H]1CNCCN1C(=O)c1ccc(-c2ccccc2)cc1.Cl. The molecule has 116 valence electrons. The number of rotatable bonds is 2. The number of hydrogen-bond donors (Lipinski definition) is 1. The first-order chi connectivity index (χ1) is 10.3. The molecule has 0 aromatic heterocycles.